The molecule has 4 aromatic rings. The van der Waals surface area contributed by atoms with Crippen molar-refractivity contribution in [3.63, 3.8) is 0 Å². The number of carbonyl (C=O) groups excluding carboxylic acids is 1. The van der Waals surface area contributed by atoms with Crippen LogP contribution in [0.1, 0.15) is 34.0 Å². The molecule has 0 saturated carbocycles. The predicted molar refractivity (Wildman–Crippen MR) is 122 cm³/mol. The van der Waals surface area contributed by atoms with Gasteiger partial charge in [0.05, 0.1) is 29.7 Å². The molecule has 0 aliphatic carbocycles. The Balaban J connectivity index is 1.72. The van der Waals surface area contributed by atoms with Gasteiger partial charge in [0.2, 0.25) is 0 Å². The molecule has 0 atom stereocenters. The molecule has 4 rings (SSSR count). The lowest BCUT2D eigenvalue weighted by atomic mass is 10.1. The van der Waals surface area contributed by atoms with Crippen LogP contribution >= 0.6 is 11.8 Å². The number of hydrogen-bond acceptors (Lipinski definition) is 4. The quantitative estimate of drug-likeness (QED) is 0.250. The Morgan fingerprint density at radius 2 is 1.88 bits per heavy atom. The molecule has 0 aliphatic heterocycles. The standard InChI is InChI=1S/C25H22F2N2O2S/c1-3-31-24(30)18-8-10-23-22(13-18)28-25(29(23)14-17-5-4-6-20(26)11-17)32-15-19-12-21(27)9-7-16(19)2/h4-13H,3,14-15H2,1-2H3. The molecule has 0 amide bonds. The molecule has 7 heteroatoms. The molecule has 1 aromatic heterocycles. The van der Waals surface area contributed by atoms with Crippen LogP contribution in [0.3, 0.4) is 0 Å². The first kappa shape index (κ1) is 22.0. The zero-order valence-corrected chi connectivity index (χ0v) is 18.6. The Hall–Kier alpha value is -3.19. The first-order chi connectivity index (χ1) is 15.4. The van der Waals surface area contributed by atoms with Crippen molar-refractivity contribution < 1.29 is 18.3 Å². The Bertz CT molecular complexity index is 1290. The third kappa shape index (κ3) is 4.83. The van der Waals surface area contributed by atoms with Crippen molar-refractivity contribution in [2.75, 3.05) is 6.61 Å². The summed E-state index contributed by atoms with van der Waals surface area (Å²) in [6, 6.07) is 16.4. The van der Waals surface area contributed by atoms with Gasteiger partial charge in [-0.15, -0.1) is 0 Å². The molecule has 0 spiro atoms. The molecule has 0 radical (unpaired) electrons. The minimum Gasteiger partial charge on any atom is -0.462 e. The van der Waals surface area contributed by atoms with E-state index in [1.807, 2.05) is 23.6 Å². The fourth-order valence-corrected chi connectivity index (χ4v) is 4.55. The van der Waals surface area contributed by atoms with E-state index in [9.17, 15) is 13.6 Å². The van der Waals surface area contributed by atoms with Gasteiger partial charge in [-0.1, -0.05) is 30.0 Å². The molecule has 0 unspecified atom stereocenters. The molecule has 4 nitrogen and oxygen atoms in total. The molecule has 3 aromatic carbocycles. The largest absolute Gasteiger partial charge is 0.462 e. The number of rotatable bonds is 7. The number of nitrogens with zero attached hydrogens (tertiary/aromatic N) is 2. The number of ether oxygens (including phenoxy) is 1. The third-order valence-corrected chi connectivity index (χ3v) is 6.15. The number of thioether (sulfide) groups is 1. The van der Waals surface area contributed by atoms with E-state index < -0.39 is 5.97 Å². The highest BCUT2D eigenvalue weighted by molar-refractivity contribution is 7.98. The SMILES string of the molecule is CCOC(=O)c1ccc2c(c1)nc(SCc1cc(F)ccc1C)n2Cc1cccc(F)c1. The normalized spacial score (nSPS) is 11.1. The summed E-state index contributed by atoms with van der Waals surface area (Å²) in [5, 5.41) is 0.703. The summed E-state index contributed by atoms with van der Waals surface area (Å²) in [7, 11) is 0. The van der Waals surface area contributed by atoms with Crippen molar-refractivity contribution in [1.29, 1.82) is 0 Å². The van der Waals surface area contributed by atoms with Crippen LogP contribution in [0.15, 0.2) is 65.8 Å². The highest BCUT2D eigenvalue weighted by atomic mass is 32.2. The van der Waals surface area contributed by atoms with Crippen molar-refractivity contribution >= 4 is 28.8 Å². The number of carbonyl (C=O) groups is 1. The molecule has 0 N–H and O–H groups in total. The van der Waals surface area contributed by atoms with E-state index >= 15 is 0 Å². The molecule has 32 heavy (non-hydrogen) atoms. The monoisotopic (exact) mass is 452 g/mol. The van der Waals surface area contributed by atoms with E-state index in [4.69, 9.17) is 9.72 Å². The van der Waals surface area contributed by atoms with Crippen LogP contribution < -0.4 is 0 Å². The first-order valence-corrected chi connectivity index (χ1v) is 11.2. The molecule has 0 aliphatic rings. The molecule has 1 heterocycles. The second-order valence-electron chi connectivity index (χ2n) is 7.39. The summed E-state index contributed by atoms with van der Waals surface area (Å²) in [5.74, 6) is -0.459. The summed E-state index contributed by atoms with van der Waals surface area (Å²) in [4.78, 5) is 16.9. The van der Waals surface area contributed by atoms with E-state index in [-0.39, 0.29) is 11.6 Å². The Labute approximate surface area is 189 Å². The number of halogens is 2. The van der Waals surface area contributed by atoms with Gasteiger partial charge in [0.1, 0.15) is 11.6 Å². The molecule has 0 fully saturated rings. The van der Waals surface area contributed by atoms with Crippen LogP contribution in [0.2, 0.25) is 0 Å². The summed E-state index contributed by atoms with van der Waals surface area (Å²) >= 11 is 1.47. The fraction of sp³-hybridized carbons (Fsp3) is 0.200. The minimum atomic E-state index is -0.404. The molecule has 164 valence electrons. The van der Waals surface area contributed by atoms with Crippen LogP contribution in [0.5, 0.6) is 0 Å². The number of esters is 1. The van der Waals surface area contributed by atoms with Crippen LogP contribution in [0, 0.1) is 18.6 Å². The number of hydrogen-bond donors (Lipinski definition) is 0. The topological polar surface area (TPSA) is 44.1 Å². The maximum absolute atomic E-state index is 13.8. The third-order valence-electron chi connectivity index (χ3n) is 5.12. The van der Waals surface area contributed by atoms with Gasteiger partial charge in [-0.25, -0.2) is 18.6 Å². The summed E-state index contributed by atoms with van der Waals surface area (Å²) < 4.78 is 34.6. The van der Waals surface area contributed by atoms with Gasteiger partial charge < -0.3 is 9.30 Å². The molecular weight excluding hydrogens is 430 g/mol. The lowest BCUT2D eigenvalue weighted by Gasteiger charge is -2.10. The van der Waals surface area contributed by atoms with Gasteiger partial charge in [-0.05, 0) is 73.0 Å². The maximum Gasteiger partial charge on any atom is 0.338 e. The highest BCUT2D eigenvalue weighted by Gasteiger charge is 2.16. The zero-order valence-electron chi connectivity index (χ0n) is 17.8. The average molecular weight is 453 g/mol. The van der Waals surface area contributed by atoms with Crippen molar-refractivity contribution in [2.45, 2.75) is 31.3 Å². The molecule has 0 saturated heterocycles. The summed E-state index contributed by atoms with van der Waals surface area (Å²) in [6.07, 6.45) is 0. The first-order valence-electron chi connectivity index (χ1n) is 10.2. The van der Waals surface area contributed by atoms with Gasteiger partial charge in [-0.2, -0.15) is 0 Å². The van der Waals surface area contributed by atoms with E-state index in [0.29, 0.717) is 35.1 Å². The van der Waals surface area contributed by atoms with Crippen LogP contribution in [-0.4, -0.2) is 22.1 Å². The number of benzene rings is 3. The van der Waals surface area contributed by atoms with Crippen LogP contribution in [0.25, 0.3) is 11.0 Å². The highest BCUT2D eigenvalue weighted by Crippen LogP contribution is 2.29. The molecule has 0 bridgehead atoms. The lowest BCUT2D eigenvalue weighted by Crippen LogP contribution is -2.05. The zero-order chi connectivity index (χ0) is 22.7. The van der Waals surface area contributed by atoms with Crippen LogP contribution in [-0.2, 0) is 17.0 Å². The van der Waals surface area contributed by atoms with E-state index in [1.54, 1.807) is 31.2 Å². The summed E-state index contributed by atoms with van der Waals surface area (Å²) in [6.45, 7) is 4.40. The smallest absolute Gasteiger partial charge is 0.338 e. The molecular formula is C25H22F2N2O2S. The number of fused-ring (bicyclic) bond motifs is 1. The van der Waals surface area contributed by atoms with Crippen molar-refractivity contribution in [1.82, 2.24) is 9.55 Å². The number of aromatic nitrogens is 2. The van der Waals surface area contributed by atoms with Gasteiger partial charge in [0, 0.05) is 5.75 Å². The Morgan fingerprint density at radius 1 is 1.06 bits per heavy atom. The minimum absolute atomic E-state index is 0.279. The average Bonchev–Trinajstić information content (AvgIpc) is 3.11. The lowest BCUT2D eigenvalue weighted by molar-refractivity contribution is 0.0526. The fourth-order valence-electron chi connectivity index (χ4n) is 3.47. The number of imidazole rings is 1. The van der Waals surface area contributed by atoms with E-state index in [2.05, 4.69) is 0 Å². The van der Waals surface area contributed by atoms with Gasteiger partial charge in [-0.3, -0.25) is 0 Å². The van der Waals surface area contributed by atoms with E-state index in [1.165, 1.54) is 36.0 Å². The number of aryl methyl sites for hydroxylation is 1. The van der Waals surface area contributed by atoms with Gasteiger partial charge in [0.25, 0.3) is 0 Å². The second kappa shape index (κ2) is 9.53. The Kier molecular flexibility index (Phi) is 6.55. The Morgan fingerprint density at radius 3 is 2.66 bits per heavy atom. The van der Waals surface area contributed by atoms with Gasteiger partial charge >= 0.3 is 5.97 Å². The van der Waals surface area contributed by atoms with E-state index in [0.717, 1.165) is 22.2 Å². The van der Waals surface area contributed by atoms with Crippen molar-refractivity contribution in [3.05, 3.63) is 94.6 Å². The van der Waals surface area contributed by atoms with Crippen molar-refractivity contribution in [3.8, 4) is 0 Å². The van der Waals surface area contributed by atoms with Gasteiger partial charge in [0.15, 0.2) is 5.16 Å². The van der Waals surface area contributed by atoms with Crippen molar-refractivity contribution in [2.24, 2.45) is 0 Å². The maximum atomic E-state index is 13.8. The predicted octanol–water partition coefficient (Wildman–Crippen LogP) is 6.14. The van der Waals surface area contributed by atoms with Crippen LogP contribution in [0.4, 0.5) is 8.78 Å². The summed E-state index contributed by atoms with van der Waals surface area (Å²) in [5.41, 5.74) is 4.56. The second-order valence-corrected chi connectivity index (χ2v) is 8.34.